The molecule has 1 aromatic rings. The van der Waals surface area contributed by atoms with Gasteiger partial charge in [0.15, 0.2) is 0 Å². The van der Waals surface area contributed by atoms with E-state index in [2.05, 4.69) is 0 Å². The smallest absolute Gasteiger partial charge is 0.127 e. The molecule has 0 aromatic heterocycles. The summed E-state index contributed by atoms with van der Waals surface area (Å²) in [5, 5.41) is 0. The Labute approximate surface area is 75.1 Å². The van der Waals surface area contributed by atoms with Crippen LogP contribution >= 0.6 is 11.8 Å². The second kappa shape index (κ2) is 3.07. The maximum atomic E-state index is 13.2. The van der Waals surface area contributed by atoms with Crippen molar-refractivity contribution in [2.24, 2.45) is 5.73 Å². The van der Waals surface area contributed by atoms with Crippen LogP contribution in [0.3, 0.4) is 0 Å². The van der Waals surface area contributed by atoms with Crippen molar-refractivity contribution >= 4 is 11.8 Å². The molecule has 0 radical (unpaired) electrons. The van der Waals surface area contributed by atoms with Crippen LogP contribution in [0.1, 0.15) is 17.2 Å². The minimum atomic E-state index is -0.116. The van der Waals surface area contributed by atoms with Crippen molar-refractivity contribution in [1.29, 1.82) is 0 Å². The number of benzene rings is 1. The number of thioether (sulfide) groups is 1. The molecule has 2 rings (SSSR count). The first-order valence-corrected chi connectivity index (χ1v) is 5.05. The predicted molar refractivity (Wildman–Crippen MR) is 49.5 cm³/mol. The van der Waals surface area contributed by atoms with Crippen LogP contribution in [0, 0.1) is 5.82 Å². The molecule has 0 amide bonds. The van der Waals surface area contributed by atoms with Crippen molar-refractivity contribution in [3.05, 3.63) is 35.1 Å². The Morgan fingerprint density at radius 1 is 1.50 bits per heavy atom. The van der Waals surface area contributed by atoms with Gasteiger partial charge in [-0.1, -0.05) is 12.1 Å². The fourth-order valence-corrected chi connectivity index (χ4v) is 2.51. The fraction of sp³-hybridized carbons (Fsp3) is 0.333. The topological polar surface area (TPSA) is 26.0 Å². The average molecular weight is 183 g/mol. The molecule has 0 fully saturated rings. The molecule has 0 saturated carbocycles. The van der Waals surface area contributed by atoms with Gasteiger partial charge in [0.05, 0.1) is 0 Å². The van der Waals surface area contributed by atoms with Crippen LogP contribution < -0.4 is 5.73 Å². The lowest BCUT2D eigenvalue weighted by molar-refractivity contribution is 0.608. The van der Waals surface area contributed by atoms with Gasteiger partial charge in [0.25, 0.3) is 0 Å². The normalized spacial score (nSPS) is 22.0. The lowest BCUT2D eigenvalue weighted by Gasteiger charge is -2.21. The van der Waals surface area contributed by atoms with Crippen LogP contribution in [0.2, 0.25) is 0 Å². The van der Waals surface area contributed by atoms with Gasteiger partial charge in [0.2, 0.25) is 0 Å². The Hall–Kier alpha value is -0.540. The summed E-state index contributed by atoms with van der Waals surface area (Å²) in [7, 11) is 0. The third-order valence-electron chi connectivity index (χ3n) is 2.10. The van der Waals surface area contributed by atoms with Crippen LogP contribution in [0.4, 0.5) is 4.39 Å². The first kappa shape index (κ1) is 8.08. The molecule has 0 aliphatic carbocycles. The third-order valence-corrected chi connectivity index (χ3v) is 3.19. The summed E-state index contributed by atoms with van der Waals surface area (Å²) in [5.41, 5.74) is 7.60. The van der Waals surface area contributed by atoms with Crippen molar-refractivity contribution in [3.63, 3.8) is 0 Å². The molecule has 0 spiro atoms. The second-order valence-corrected chi connectivity index (χ2v) is 3.96. The summed E-state index contributed by atoms with van der Waals surface area (Å²) in [4.78, 5) is 0. The number of hydrogen-bond acceptors (Lipinski definition) is 2. The Balaban J connectivity index is 2.52. The van der Waals surface area contributed by atoms with Crippen LogP contribution in [0.15, 0.2) is 18.2 Å². The van der Waals surface area contributed by atoms with Gasteiger partial charge in [-0.25, -0.2) is 4.39 Å². The highest BCUT2D eigenvalue weighted by Gasteiger charge is 2.19. The third kappa shape index (κ3) is 1.23. The van der Waals surface area contributed by atoms with E-state index in [0.717, 1.165) is 22.6 Å². The molecule has 1 heterocycles. The molecule has 1 aliphatic rings. The number of fused-ring (bicyclic) bond motifs is 1. The minimum absolute atomic E-state index is 0.00875. The lowest BCUT2D eigenvalue weighted by Crippen LogP contribution is -2.19. The van der Waals surface area contributed by atoms with E-state index in [1.54, 1.807) is 17.8 Å². The van der Waals surface area contributed by atoms with Crippen molar-refractivity contribution in [2.75, 3.05) is 5.75 Å². The zero-order chi connectivity index (χ0) is 8.55. The van der Waals surface area contributed by atoms with E-state index in [0.29, 0.717) is 0 Å². The van der Waals surface area contributed by atoms with Crippen molar-refractivity contribution in [1.82, 2.24) is 0 Å². The molecule has 1 nitrogen and oxygen atoms in total. The Kier molecular flexibility index (Phi) is 2.07. The summed E-state index contributed by atoms with van der Waals surface area (Å²) in [5.74, 6) is 1.54. The summed E-state index contributed by atoms with van der Waals surface area (Å²) >= 11 is 1.69. The molecule has 12 heavy (non-hydrogen) atoms. The molecule has 1 aromatic carbocycles. The summed E-state index contributed by atoms with van der Waals surface area (Å²) in [6, 6.07) is 5.15. The average Bonchev–Trinajstić information content (AvgIpc) is 2.07. The number of rotatable bonds is 0. The largest absolute Gasteiger partial charge is 0.323 e. The quantitative estimate of drug-likeness (QED) is 0.666. The van der Waals surface area contributed by atoms with E-state index < -0.39 is 0 Å². The first-order valence-electron chi connectivity index (χ1n) is 3.89. The van der Waals surface area contributed by atoms with E-state index in [4.69, 9.17) is 5.73 Å². The van der Waals surface area contributed by atoms with Crippen LogP contribution in [-0.4, -0.2) is 5.75 Å². The molecule has 0 bridgehead atoms. The zero-order valence-electron chi connectivity index (χ0n) is 6.59. The van der Waals surface area contributed by atoms with Crippen LogP contribution in [-0.2, 0) is 5.75 Å². The van der Waals surface area contributed by atoms with Gasteiger partial charge in [-0.05, 0) is 11.6 Å². The monoisotopic (exact) mass is 183 g/mol. The van der Waals surface area contributed by atoms with Crippen molar-refractivity contribution < 1.29 is 4.39 Å². The summed E-state index contributed by atoms with van der Waals surface area (Å²) in [6.45, 7) is 0. The van der Waals surface area contributed by atoms with Gasteiger partial charge in [-0.3, -0.25) is 0 Å². The maximum absolute atomic E-state index is 13.2. The maximum Gasteiger partial charge on any atom is 0.127 e. The Morgan fingerprint density at radius 3 is 3.08 bits per heavy atom. The molecule has 1 aliphatic heterocycles. The molecular weight excluding hydrogens is 173 g/mol. The summed E-state index contributed by atoms with van der Waals surface area (Å²) in [6.07, 6.45) is 0. The molecule has 1 atom stereocenters. The van der Waals surface area contributed by atoms with Gasteiger partial charge in [-0.2, -0.15) is 11.8 Å². The standard InChI is InChI=1S/C9H10FNS/c10-8-3-1-2-6-7(8)4-12-5-9(6)11/h1-3,9H,4-5,11H2. The number of halogens is 1. The molecular formula is C9H10FNS. The van der Waals surface area contributed by atoms with Gasteiger partial charge in [-0.15, -0.1) is 0 Å². The Bertz CT molecular complexity index is 301. The molecule has 2 N–H and O–H groups in total. The van der Waals surface area contributed by atoms with Crippen molar-refractivity contribution in [2.45, 2.75) is 11.8 Å². The van der Waals surface area contributed by atoms with Crippen molar-refractivity contribution in [3.8, 4) is 0 Å². The minimum Gasteiger partial charge on any atom is -0.323 e. The molecule has 3 heteroatoms. The van der Waals surface area contributed by atoms with Crippen LogP contribution in [0.5, 0.6) is 0 Å². The second-order valence-electron chi connectivity index (χ2n) is 2.93. The highest BCUT2D eigenvalue weighted by Crippen LogP contribution is 2.31. The fourth-order valence-electron chi connectivity index (χ4n) is 1.45. The lowest BCUT2D eigenvalue weighted by atomic mass is 10.0. The number of nitrogens with two attached hydrogens (primary N) is 1. The van der Waals surface area contributed by atoms with E-state index in [1.807, 2.05) is 6.07 Å². The van der Waals surface area contributed by atoms with Gasteiger partial charge < -0.3 is 5.73 Å². The van der Waals surface area contributed by atoms with E-state index in [-0.39, 0.29) is 11.9 Å². The molecule has 64 valence electrons. The predicted octanol–water partition coefficient (Wildman–Crippen LogP) is 2.07. The highest BCUT2D eigenvalue weighted by atomic mass is 32.2. The van der Waals surface area contributed by atoms with Crippen LogP contribution in [0.25, 0.3) is 0 Å². The summed E-state index contributed by atoms with van der Waals surface area (Å²) < 4.78 is 13.2. The van der Waals surface area contributed by atoms with Gasteiger partial charge in [0, 0.05) is 23.1 Å². The van der Waals surface area contributed by atoms with E-state index in [9.17, 15) is 4.39 Å². The molecule has 0 saturated heterocycles. The zero-order valence-corrected chi connectivity index (χ0v) is 7.40. The number of hydrogen-bond donors (Lipinski definition) is 1. The van der Waals surface area contributed by atoms with Gasteiger partial charge >= 0.3 is 0 Å². The SMILES string of the molecule is NC1CSCc2c(F)cccc21. The van der Waals surface area contributed by atoms with E-state index in [1.165, 1.54) is 6.07 Å². The first-order chi connectivity index (χ1) is 5.79. The molecule has 1 unspecified atom stereocenters. The van der Waals surface area contributed by atoms with Gasteiger partial charge in [0.1, 0.15) is 5.82 Å². The Morgan fingerprint density at radius 2 is 2.33 bits per heavy atom. The highest BCUT2D eigenvalue weighted by molar-refractivity contribution is 7.98. The van der Waals surface area contributed by atoms with E-state index >= 15 is 0 Å².